The van der Waals surface area contributed by atoms with Crippen LogP contribution in [0.5, 0.6) is 0 Å². The molecule has 0 atom stereocenters. The fourth-order valence-corrected chi connectivity index (χ4v) is 2.49. The van der Waals surface area contributed by atoms with Crippen molar-refractivity contribution < 1.29 is 4.79 Å². The minimum absolute atomic E-state index is 0.0775. The van der Waals surface area contributed by atoms with Crippen molar-refractivity contribution in [3.05, 3.63) is 22.9 Å². The molecule has 1 heterocycles. The molecular weight excluding hydrogens is 216 g/mol. The molecule has 0 bridgehead atoms. The van der Waals surface area contributed by atoms with Crippen molar-refractivity contribution in [1.29, 1.82) is 0 Å². The third kappa shape index (κ3) is 2.51. The average molecular weight is 236 g/mol. The van der Waals surface area contributed by atoms with Crippen LogP contribution in [0.1, 0.15) is 45.6 Å². The van der Waals surface area contributed by atoms with Gasteiger partial charge < -0.3 is 0 Å². The maximum absolute atomic E-state index is 12.0. The SMILES string of the molecule is CC(C)n1ccn(CC(=O)C2CCCC2)c1=O. The Morgan fingerprint density at radius 3 is 2.53 bits per heavy atom. The highest BCUT2D eigenvalue weighted by atomic mass is 16.2. The Labute approximate surface area is 101 Å². The minimum Gasteiger partial charge on any atom is -0.297 e. The lowest BCUT2D eigenvalue weighted by molar-refractivity contribution is -0.123. The molecule has 1 aromatic heterocycles. The van der Waals surface area contributed by atoms with E-state index in [1.807, 2.05) is 13.8 Å². The number of aromatic nitrogens is 2. The largest absolute Gasteiger partial charge is 0.328 e. The van der Waals surface area contributed by atoms with Crippen molar-refractivity contribution >= 4 is 5.78 Å². The number of nitrogens with zero attached hydrogens (tertiary/aromatic N) is 2. The average Bonchev–Trinajstić information content (AvgIpc) is 2.89. The number of ketones is 1. The lowest BCUT2D eigenvalue weighted by Gasteiger charge is -2.08. The molecule has 0 N–H and O–H groups in total. The molecule has 17 heavy (non-hydrogen) atoms. The van der Waals surface area contributed by atoms with Gasteiger partial charge in [-0.1, -0.05) is 12.8 Å². The maximum Gasteiger partial charge on any atom is 0.328 e. The van der Waals surface area contributed by atoms with Crippen LogP contribution in [0.3, 0.4) is 0 Å². The van der Waals surface area contributed by atoms with Crippen LogP contribution in [0, 0.1) is 5.92 Å². The molecule has 94 valence electrons. The van der Waals surface area contributed by atoms with Gasteiger partial charge in [-0.3, -0.25) is 13.9 Å². The second kappa shape index (κ2) is 4.90. The van der Waals surface area contributed by atoms with Crippen LogP contribution in [-0.2, 0) is 11.3 Å². The first-order valence-corrected chi connectivity index (χ1v) is 6.39. The summed E-state index contributed by atoms with van der Waals surface area (Å²) in [6, 6.07) is 0.144. The van der Waals surface area contributed by atoms with Gasteiger partial charge in [-0.2, -0.15) is 0 Å². The summed E-state index contributed by atoms with van der Waals surface area (Å²) in [5, 5.41) is 0. The molecule has 0 radical (unpaired) electrons. The van der Waals surface area contributed by atoms with Gasteiger partial charge in [-0.05, 0) is 26.7 Å². The van der Waals surface area contributed by atoms with Crippen LogP contribution < -0.4 is 5.69 Å². The standard InChI is InChI=1S/C13H20N2O2/c1-10(2)15-8-7-14(13(15)17)9-12(16)11-5-3-4-6-11/h7-8,10-11H,3-6,9H2,1-2H3. The molecule has 0 aromatic carbocycles. The molecule has 0 amide bonds. The molecule has 1 fully saturated rings. The van der Waals surface area contributed by atoms with Gasteiger partial charge in [0.05, 0.1) is 6.54 Å². The van der Waals surface area contributed by atoms with Crippen LogP contribution in [0.15, 0.2) is 17.2 Å². The predicted octanol–water partition coefficient (Wildman–Crippen LogP) is 1.99. The minimum atomic E-state index is -0.0775. The third-order valence-corrected chi connectivity index (χ3v) is 3.57. The van der Waals surface area contributed by atoms with Crippen LogP contribution in [-0.4, -0.2) is 14.9 Å². The fourth-order valence-electron chi connectivity index (χ4n) is 2.49. The highest BCUT2D eigenvalue weighted by Gasteiger charge is 2.23. The van der Waals surface area contributed by atoms with Crippen molar-refractivity contribution in [2.45, 2.75) is 52.1 Å². The quantitative estimate of drug-likeness (QED) is 0.802. The lowest BCUT2D eigenvalue weighted by Crippen LogP contribution is -2.29. The molecule has 2 rings (SSSR count). The van der Waals surface area contributed by atoms with Crippen LogP contribution in [0.4, 0.5) is 0 Å². The molecule has 0 spiro atoms. The maximum atomic E-state index is 12.0. The van der Waals surface area contributed by atoms with E-state index >= 15 is 0 Å². The van der Waals surface area contributed by atoms with E-state index in [-0.39, 0.29) is 30.0 Å². The second-order valence-corrected chi connectivity index (χ2v) is 5.16. The van der Waals surface area contributed by atoms with Gasteiger partial charge >= 0.3 is 5.69 Å². The van der Waals surface area contributed by atoms with E-state index in [0.717, 1.165) is 25.7 Å². The van der Waals surface area contributed by atoms with E-state index in [4.69, 9.17) is 0 Å². The summed E-state index contributed by atoms with van der Waals surface area (Å²) in [6.45, 7) is 4.16. The summed E-state index contributed by atoms with van der Waals surface area (Å²) in [6.07, 6.45) is 7.78. The Hall–Kier alpha value is -1.32. The van der Waals surface area contributed by atoms with Gasteiger partial charge in [-0.25, -0.2) is 4.79 Å². The Morgan fingerprint density at radius 1 is 1.35 bits per heavy atom. The number of rotatable bonds is 4. The predicted molar refractivity (Wildman–Crippen MR) is 66.0 cm³/mol. The van der Waals surface area contributed by atoms with Crippen molar-refractivity contribution in [3.63, 3.8) is 0 Å². The molecule has 0 aliphatic heterocycles. The summed E-state index contributed by atoms with van der Waals surface area (Å²) < 4.78 is 3.18. The monoisotopic (exact) mass is 236 g/mol. The fraction of sp³-hybridized carbons (Fsp3) is 0.692. The first-order chi connectivity index (χ1) is 8.09. The summed E-state index contributed by atoms with van der Waals surface area (Å²) in [4.78, 5) is 23.9. The zero-order valence-electron chi connectivity index (χ0n) is 10.6. The second-order valence-electron chi connectivity index (χ2n) is 5.16. The van der Waals surface area contributed by atoms with E-state index in [9.17, 15) is 9.59 Å². The van der Waals surface area contributed by atoms with Crippen molar-refractivity contribution in [1.82, 2.24) is 9.13 Å². The van der Waals surface area contributed by atoms with Crippen LogP contribution in [0.25, 0.3) is 0 Å². The first-order valence-electron chi connectivity index (χ1n) is 6.39. The molecule has 1 saturated carbocycles. The molecule has 0 saturated heterocycles. The number of hydrogen-bond acceptors (Lipinski definition) is 2. The summed E-state index contributed by atoms with van der Waals surface area (Å²) >= 11 is 0. The molecule has 1 aliphatic carbocycles. The Balaban J connectivity index is 2.08. The zero-order chi connectivity index (χ0) is 12.4. The van der Waals surface area contributed by atoms with Crippen LogP contribution >= 0.6 is 0 Å². The van der Waals surface area contributed by atoms with Crippen molar-refractivity contribution in [3.8, 4) is 0 Å². The van der Waals surface area contributed by atoms with Crippen LogP contribution in [0.2, 0.25) is 0 Å². The van der Waals surface area contributed by atoms with Gasteiger partial charge in [0.15, 0.2) is 5.78 Å². The molecular formula is C13H20N2O2. The van der Waals surface area contributed by atoms with E-state index in [1.54, 1.807) is 17.0 Å². The molecule has 1 aromatic rings. The van der Waals surface area contributed by atoms with Crippen molar-refractivity contribution in [2.75, 3.05) is 0 Å². The van der Waals surface area contributed by atoms with Gasteiger partial charge in [0, 0.05) is 24.4 Å². The molecule has 4 nitrogen and oxygen atoms in total. The molecule has 4 heteroatoms. The highest BCUT2D eigenvalue weighted by molar-refractivity contribution is 5.81. The normalized spacial score (nSPS) is 16.9. The topological polar surface area (TPSA) is 44.0 Å². The van der Waals surface area contributed by atoms with E-state index in [1.165, 1.54) is 4.57 Å². The zero-order valence-corrected chi connectivity index (χ0v) is 10.6. The number of carbonyl (C=O) groups is 1. The Bertz CT molecular complexity index is 450. The smallest absolute Gasteiger partial charge is 0.297 e. The lowest BCUT2D eigenvalue weighted by atomic mass is 10.0. The highest BCUT2D eigenvalue weighted by Crippen LogP contribution is 2.25. The van der Waals surface area contributed by atoms with E-state index < -0.39 is 0 Å². The number of carbonyl (C=O) groups excluding carboxylic acids is 1. The third-order valence-electron chi connectivity index (χ3n) is 3.57. The number of hydrogen-bond donors (Lipinski definition) is 0. The van der Waals surface area contributed by atoms with Gasteiger partial charge in [-0.15, -0.1) is 0 Å². The Morgan fingerprint density at radius 2 is 2.00 bits per heavy atom. The van der Waals surface area contributed by atoms with Gasteiger partial charge in [0.25, 0.3) is 0 Å². The number of imidazole rings is 1. The molecule has 0 unspecified atom stereocenters. The van der Waals surface area contributed by atoms with E-state index in [2.05, 4.69) is 0 Å². The summed E-state index contributed by atoms with van der Waals surface area (Å²) in [7, 11) is 0. The van der Waals surface area contributed by atoms with Gasteiger partial charge in [0.1, 0.15) is 0 Å². The summed E-state index contributed by atoms with van der Waals surface area (Å²) in [5.74, 6) is 0.399. The number of Topliss-reactive ketones (excluding diaryl/α,β-unsaturated/α-hetero) is 1. The first kappa shape index (κ1) is 12.1. The summed E-state index contributed by atoms with van der Waals surface area (Å²) in [5.41, 5.74) is -0.0775. The molecule has 1 aliphatic rings. The van der Waals surface area contributed by atoms with Crippen molar-refractivity contribution in [2.24, 2.45) is 5.92 Å². The van der Waals surface area contributed by atoms with E-state index in [0.29, 0.717) is 0 Å². The Kier molecular flexibility index (Phi) is 3.50. The van der Waals surface area contributed by atoms with Gasteiger partial charge in [0.2, 0.25) is 0 Å².